The molecule has 0 spiro atoms. The molecule has 0 fully saturated rings. The fraction of sp³-hybridized carbons (Fsp3) is 0.231. The normalized spacial score (nSPS) is 12.4. The van der Waals surface area contributed by atoms with Gasteiger partial charge in [0.15, 0.2) is 5.82 Å². The van der Waals surface area contributed by atoms with E-state index in [2.05, 4.69) is 9.97 Å². The molecule has 0 saturated carbocycles. The second-order valence-corrected chi connectivity index (χ2v) is 6.03. The highest BCUT2D eigenvalue weighted by atomic mass is 32.2. The quantitative estimate of drug-likeness (QED) is 0.805. The molecule has 0 bridgehead atoms. The molecule has 0 N–H and O–H groups in total. The summed E-state index contributed by atoms with van der Waals surface area (Å²) in [7, 11) is -4.02. The Kier molecular flexibility index (Phi) is 4.47. The molecule has 5 nitrogen and oxygen atoms in total. The zero-order chi connectivity index (χ0) is 16.4. The van der Waals surface area contributed by atoms with Crippen molar-refractivity contribution in [2.24, 2.45) is 0 Å². The van der Waals surface area contributed by atoms with Crippen LogP contribution in [0.25, 0.3) is 0 Å². The van der Waals surface area contributed by atoms with Crippen molar-refractivity contribution in [1.29, 1.82) is 0 Å². The summed E-state index contributed by atoms with van der Waals surface area (Å²) in [4.78, 5) is 6.82. The first-order valence-electron chi connectivity index (χ1n) is 6.03. The topological polar surface area (TPSA) is 69.2 Å². The Labute approximate surface area is 124 Å². The molecule has 0 aliphatic rings. The summed E-state index contributed by atoms with van der Waals surface area (Å²) >= 11 is 0. The zero-order valence-electron chi connectivity index (χ0n) is 11.3. The van der Waals surface area contributed by atoms with E-state index in [1.807, 2.05) is 0 Å². The van der Waals surface area contributed by atoms with Crippen LogP contribution >= 0.6 is 0 Å². The van der Waals surface area contributed by atoms with E-state index < -0.39 is 28.5 Å². The Hall–Kier alpha value is -2.00. The van der Waals surface area contributed by atoms with Crippen molar-refractivity contribution < 1.29 is 25.8 Å². The first-order valence-corrected chi connectivity index (χ1v) is 7.43. The maximum atomic E-state index is 12.3. The molecule has 0 saturated heterocycles. The van der Waals surface area contributed by atoms with E-state index in [4.69, 9.17) is 4.18 Å². The molecule has 9 heteroatoms. The minimum atomic E-state index is -4.55. The van der Waals surface area contributed by atoms with Crippen LogP contribution in [0, 0.1) is 6.92 Å². The van der Waals surface area contributed by atoms with Gasteiger partial charge in [-0.1, -0.05) is 17.7 Å². The van der Waals surface area contributed by atoms with Crippen molar-refractivity contribution in [1.82, 2.24) is 9.97 Å². The molecule has 1 heterocycles. The van der Waals surface area contributed by atoms with Crippen molar-refractivity contribution in [3.8, 4) is 0 Å². The first kappa shape index (κ1) is 16.4. The number of hydrogen-bond acceptors (Lipinski definition) is 5. The van der Waals surface area contributed by atoms with E-state index in [-0.39, 0.29) is 10.7 Å². The Morgan fingerprint density at radius 3 is 2.14 bits per heavy atom. The van der Waals surface area contributed by atoms with Gasteiger partial charge in [0.1, 0.15) is 6.61 Å². The van der Waals surface area contributed by atoms with Crippen LogP contribution in [-0.2, 0) is 27.1 Å². The predicted molar refractivity (Wildman–Crippen MR) is 70.2 cm³/mol. The van der Waals surface area contributed by atoms with E-state index in [0.717, 1.165) is 5.56 Å². The van der Waals surface area contributed by atoms with Crippen LogP contribution < -0.4 is 0 Å². The predicted octanol–water partition coefficient (Wildman–Crippen LogP) is 2.71. The van der Waals surface area contributed by atoms with E-state index in [9.17, 15) is 21.6 Å². The van der Waals surface area contributed by atoms with E-state index in [1.54, 1.807) is 19.1 Å². The number of nitrogens with zero attached hydrogens (tertiary/aromatic N) is 2. The molecule has 1 aromatic carbocycles. The Bertz CT molecular complexity index is 742. The smallest absolute Gasteiger partial charge is 0.258 e. The first-order chi connectivity index (χ1) is 10.2. The van der Waals surface area contributed by atoms with Gasteiger partial charge in [-0.05, 0) is 19.1 Å². The standard InChI is InChI=1S/C13H11F3N2O3S/c1-9-2-4-11(5-3-9)22(19,20)21-8-12-17-6-10(7-18-12)13(14,15)16/h2-7H,8H2,1H3. The Balaban J connectivity index is 2.07. The molecule has 0 aliphatic carbocycles. The lowest BCUT2D eigenvalue weighted by molar-refractivity contribution is -0.138. The minimum Gasteiger partial charge on any atom is -0.258 e. The molecule has 0 atom stereocenters. The van der Waals surface area contributed by atoms with Crippen molar-refractivity contribution in [3.05, 3.63) is 53.6 Å². The van der Waals surface area contributed by atoms with Gasteiger partial charge in [-0.3, -0.25) is 4.18 Å². The Morgan fingerprint density at radius 1 is 1.09 bits per heavy atom. The van der Waals surface area contributed by atoms with Crippen LogP contribution in [-0.4, -0.2) is 18.4 Å². The monoisotopic (exact) mass is 332 g/mol. The third-order valence-electron chi connectivity index (χ3n) is 2.69. The Morgan fingerprint density at radius 2 is 1.64 bits per heavy atom. The number of benzene rings is 1. The highest BCUT2D eigenvalue weighted by molar-refractivity contribution is 7.86. The molecule has 2 rings (SSSR count). The third kappa shape index (κ3) is 4.01. The van der Waals surface area contributed by atoms with Crippen LogP contribution in [0.1, 0.15) is 17.0 Å². The van der Waals surface area contributed by atoms with Gasteiger partial charge in [-0.2, -0.15) is 21.6 Å². The van der Waals surface area contributed by atoms with Gasteiger partial charge in [0.2, 0.25) is 0 Å². The van der Waals surface area contributed by atoms with Crippen LogP contribution in [0.4, 0.5) is 13.2 Å². The van der Waals surface area contributed by atoms with Crippen molar-refractivity contribution in [2.75, 3.05) is 0 Å². The molecular formula is C13H11F3N2O3S. The third-order valence-corrected chi connectivity index (χ3v) is 3.96. The number of halogens is 3. The van der Waals surface area contributed by atoms with Crippen LogP contribution in [0.3, 0.4) is 0 Å². The molecule has 1 aromatic heterocycles. The van der Waals surface area contributed by atoms with Gasteiger partial charge >= 0.3 is 6.18 Å². The van der Waals surface area contributed by atoms with Gasteiger partial charge in [-0.15, -0.1) is 0 Å². The van der Waals surface area contributed by atoms with Gasteiger partial charge in [0, 0.05) is 12.4 Å². The van der Waals surface area contributed by atoms with E-state index in [0.29, 0.717) is 12.4 Å². The zero-order valence-corrected chi connectivity index (χ0v) is 12.1. The van der Waals surface area contributed by atoms with Gasteiger partial charge in [0.25, 0.3) is 10.1 Å². The maximum absolute atomic E-state index is 12.3. The summed E-state index contributed by atoms with van der Waals surface area (Å²) in [5.41, 5.74) is -0.136. The lowest BCUT2D eigenvalue weighted by atomic mass is 10.2. The van der Waals surface area contributed by atoms with Gasteiger partial charge < -0.3 is 0 Å². The summed E-state index contributed by atoms with van der Waals surface area (Å²) in [6.45, 7) is 1.25. The molecule has 0 amide bonds. The molecule has 0 unspecified atom stereocenters. The molecule has 0 radical (unpaired) electrons. The summed E-state index contributed by atoms with van der Waals surface area (Å²) in [5.74, 6) is -0.163. The number of hydrogen-bond donors (Lipinski definition) is 0. The highest BCUT2D eigenvalue weighted by Gasteiger charge is 2.31. The average molecular weight is 332 g/mol. The summed E-state index contributed by atoms with van der Waals surface area (Å²) in [6.07, 6.45) is -3.40. The average Bonchev–Trinajstić information content (AvgIpc) is 2.45. The lowest BCUT2D eigenvalue weighted by Gasteiger charge is -2.07. The molecular weight excluding hydrogens is 321 g/mol. The fourth-order valence-corrected chi connectivity index (χ4v) is 2.35. The highest BCUT2D eigenvalue weighted by Crippen LogP contribution is 2.27. The largest absolute Gasteiger partial charge is 0.419 e. The summed E-state index contributed by atoms with van der Waals surface area (Å²) < 4.78 is 65.5. The molecule has 22 heavy (non-hydrogen) atoms. The van der Waals surface area contributed by atoms with Crippen LogP contribution in [0.2, 0.25) is 0 Å². The van der Waals surface area contributed by atoms with Crippen LogP contribution in [0.5, 0.6) is 0 Å². The van der Waals surface area contributed by atoms with Crippen LogP contribution in [0.15, 0.2) is 41.6 Å². The van der Waals surface area contributed by atoms with Gasteiger partial charge in [0.05, 0.1) is 10.5 Å². The number of aromatic nitrogens is 2. The molecule has 2 aromatic rings. The lowest BCUT2D eigenvalue weighted by Crippen LogP contribution is -2.11. The molecule has 118 valence electrons. The van der Waals surface area contributed by atoms with E-state index >= 15 is 0 Å². The van der Waals surface area contributed by atoms with Crippen molar-refractivity contribution in [3.63, 3.8) is 0 Å². The minimum absolute atomic E-state index is 0.0509. The second kappa shape index (κ2) is 6.01. The second-order valence-electron chi connectivity index (χ2n) is 4.42. The van der Waals surface area contributed by atoms with Gasteiger partial charge in [-0.25, -0.2) is 9.97 Å². The van der Waals surface area contributed by atoms with E-state index in [1.165, 1.54) is 12.1 Å². The maximum Gasteiger partial charge on any atom is 0.419 e. The number of aryl methyl sites for hydroxylation is 1. The number of rotatable bonds is 4. The summed E-state index contributed by atoms with van der Waals surface area (Å²) in [6, 6.07) is 5.95. The number of alkyl halides is 3. The van der Waals surface area contributed by atoms with Crippen molar-refractivity contribution in [2.45, 2.75) is 24.6 Å². The summed E-state index contributed by atoms with van der Waals surface area (Å²) in [5, 5.41) is 0. The SMILES string of the molecule is Cc1ccc(S(=O)(=O)OCc2ncc(C(F)(F)F)cn2)cc1. The van der Waals surface area contributed by atoms with Crippen molar-refractivity contribution >= 4 is 10.1 Å². The molecule has 0 aliphatic heterocycles. The fourth-order valence-electron chi connectivity index (χ4n) is 1.48.